The summed E-state index contributed by atoms with van der Waals surface area (Å²) < 4.78 is 0. The molecule has 2 atom stereocenters. The average molecular weight is 186 g/mol. The van der Waals surface area contributed by atoms with Gasteiger partial charge in [0, 0.05) is 0 Å². The highest BCUT2D eigenvalue weighted by molar-refractivity contribution is 5.70. The molecule has 0 rings (SSSR count). The zero-order chi connectivity index (χ0) is 10.3. The lowest BCUT2D eigenvalue weighted by Crippen LogP contribution is -2.25. The minimum atomic E-state index is -0.934. The lowest BCUT2D eigenvalue weighted by Gasteiger charge is -2.13. The standard InChI is InChI=1S/C10H18O3/c1-3-4-5-6-7-9(11)8(2)10(12)13/h3,8-9,11H,1,4-7H2,2H3,(H,12,13). The molecule has 0 spiro atoms. The van der Waals surface area contributed by atoms with Crippen LogP contribution in [0.4, 0.5) is 0 Å². The van der Waals surface area contributed by atoms with Crippen molar-refractivity contribution >= 4 is 5.97 Å². The van der Waals surface area contributed by atoms with Crippen LogP contribution in [-0.4, -0.2) is 22.3 Å². The predicted octanol–water partition coefficient (Wildman–Crippen LogP) is 1.81. The average Bonchev–Trinajstić information content (AvgIpc) is 2.10. The van der Waals surface area contributed by atoms with Crippen LogP contribution in [0, 0.1) is 5.92 Å². The maximum absolute atomic E-state index is 10.5. The maximum Gasteiger partial charge on any atom is 0.308 e. The van der Waals surface area contributed by atoms with Crippen LogP contribution >= 0.6 is 0 Å². The number of aliphatic carboxylic acids is 1. The van der Waals surface area contributed by atoms with E-state index >= 15 is 0 Å². The van der Waals surface area contributed by atoms with Crippen molar-refractivity contribution in [3.8, 4) is 0 Å². The Morgan fingerprint density at radius 3 is 2.62 bits per heavy atom. The summed E-state index contributed by atoms with van der Waals surface area (Å²) in [6, 6.07) is 0. The van der Waals surface area contributed by atoms with E-state index in [0.29, 0.717) is 6.42 Å². The molecular formula is C10H18O3. The normalized spacial score (nSPS) is 14.9. The minimum absolute atomic E-state index is 0.557. The molecule has 0 amide bonds. The maximum atomic E-state index is 10.5. The number of hydrogen-bond acceptors (Lipinski definition) is 2. The number of allylic oxidation sites excluding steroid dienone is 1. The Hall–Kier alpha value is -0.830. The molecule has 0 saturated heterocycles. The van der Waals surface area contributed by atoms with Gasteiger partial charge in [-0.1, -0.05) is 12.5 Å². The topological polar surface area (TPSA) is 57.5 Å². The Balaban J connectivity index is 3.55. The zero-order valence-corrected chi connectivity index (χ0v) is 8.07. The fourth-order valence-electron chi connectivity index (χ4n) is 1.06. The number of aliphatic hydroxyl groups excluding tert-OH is 1. The van der Waals surface area contributed by atoms with Crippen molar-refractivity contribution in [3.05, 3.63) is 12.7 Å². The number of carbonyl (C=O) groups is 1. The van der Waals surface area contributed by atoms with Crippen molar-refractivity contribution in [2.45, 2.75) is 38.7 Å². The van der Waals surface area contributed by atoms with Crippen LogP contribution in [0.5, 0.6) is 0 Å². The van der Waals surface area contributed by atoms with E-state index in [9.17, 15) is 9.90 Å². The van der Waals surface area contributed by atoms with Crippen LogP contribution in [0.2, 0.25) is 0 Å². The van der Waals surface area contributed by atoms with Gasteiger partial charge in [-0.25, -0.2) is 0 Å². The first-order valence-electron chi connectivity index (χ1n) is 4.61. The van der Waals surface area contributed by atoms with Crippen LogP contribution in [-0.2, 0) is 4.79 Å². The first-order valence-corrected chi connectivity index (χ1v) is 4.61. The molecule has 0 saturated carbocycles. The first kappa shape index (κ1) is 12.2. The fourth-order valence-corrected chi connectivity index (χ4v) is 1.06. The van der Waals surface area contributed by atoms with E-state index in [1.165, 1.54) is 6.92 Å². The Morgan fingerprint density at radius 1 is 1.54 bits per heavy atom. The summed E-state index contributed by atoms with van der Waals surface area (Å²) in [5.41, 5.74) is 0. The molecule has 0 aromatic rings. The SMILES string of the molecule is C=CCCCCC(O)C(C)C(=O)O. The van der Waals surface area contributed by atoms with Crippen LogP contribution in [0.1, 0.15) is 32.6 Å². The van der Waals surface area contributed by atoms with Crippen molar-refractivity contribution in [2.24, 2.45) is 5.92 Å². The van der Waals surface area contributed by atoms with Gasteiger partial charge in [0.15, 0.2) is 0 Å². The Bertz CT molecular complexity index is 166. The zero-order valence-electron chi connectivity index (χ0n) is 8.07. The third kappa shape index (κ3) is 5.42. The lowest BCUT2D eigenvalue weighted by molar-refractivity contribution is -0.144. The van der Waals surface area contributed by atoms with Crippen LogP contribution in [0.15, 0.2) is 12.7 Å². The highest BCUT2D eigenvalue weighted by Crippen LogP contribution is 2.11. The monoisotopic (exact) mass is 186 g/mol. The van der Waals surface area contributed by atoms with E-state index < -0.39 is 18.0 Å². The Morgan fingerprint density at radius 2 is 2.15 bits per heavy atom. The summed E-state index contributed by atoms with van der Waals surface area (Å²) in [5, 5.41) is 18.0. The molecule has 76 valence electrons. The van der Waals surface area contributed by atoms with Gasteiger partial charge in [-0.05, 0) is 26.2 Å². The molecule has 3 nitrogen and oxygen atoms in total. The number of unbranched alkanes of at least 4 members (excludes halogenated alkanes) is 2. The van der Waals surface area contributed by atoms with Crippen LogP contribution in [0.25, 0.3) is 0 Å². The minimum Gasteiger partial charge on any atom is -0.481 e. The fraction of sp³-hybridized carbons (Fsp3) is 0.700. The van der Waals surface area contributed by atoms with Gasteiger partial charge < -0.3 is 10.2 Å². The van der Waals surface area contributed by atoms with Gasteiger partial charge in [-0.3, -0.25) is 4.79 Å². The van der Waals surface area contributed by atoms with E-state index in [1.807, 2.05) is 6.08 Å². The van der Waals surface area contributed by atoms with Gasteiger partial charge in [0.05, 0.1) is 12.0 Å². The number of carboxylic acids is 1. The molecule has 2 unspecified atom stereocenters. The smallest absolute Gasteiger partial charge is 0.308 e. The second kappa shape index (κ2) is 6.66. The largest absolute Gasteiger partial charge is 0.481 e. The Kier molecular flexibility index (Phi) is 6.24. The molecule has 13 heavy (non-hydrogen) atoms. The molecule has 0 aromatic heterocycles. The quantitative estimate of drug-likeness (QED) is 0.471. The summed E-state index contributed by atoms with van der Waals surface area (Å²) >= 11 is 0. The number of rotatable bonds is 7. The van der Waals surface area contributed by atoms with Crippen LogP contribution < -0.4 is 0 Å². The van der Waals surface area contributed by atoms with Gasteiger partial charge in [0.25, 0.3) is 0 Å². The number of carboxylic acid groups (broad SMARTS) is 1. The van der Waals surface area contributed by atoms with Crippen molar-refractivity contribution in [1.82, 2.24) is 0 Å². The molecule has 0 aliphatic carbocycles. The highest BCUT2D eigenvalue weighted by Gasteiger charge is 2.20. The summed E-state index contributed by atoms with van der Waals surface area (Å²) in [6.07, 6.45) is 4.41. The van der Waals surface area contributed by atoms with Crippen LogP contribution in [0.3, 0.4) is 0 Å². The molecule has 0 aromatic carbocycles. The second-order valence-electron chi connectivity index (χ2n) is 3.27. The van der Waals surface area contributed by atoms with E-state index in [4.69, 9.17) is 5.11 Å². The van der Waals surface area contributed by atoms with Crippen molar-refractivity contribution < 1.29 is 15.0 Å². The molecule has 0 radical (unpaired) electrons. The molecule has 2 N–H and O–H groups in total. The molecule has 0 aliphatic rings. The lowest BCUT2D eigenvalue weighted by atomic mass is 9.99. The summed E-state index contributed by atoms with van der Waals surface area (Å²) in [5.74, 6) is -1.60. The summed E-state index contributed by atoms with van der Waals surface area (Å²) in [6.45, 7) is 5.11. The molecular weight excluding hydrogens is 168 g/mol. The third-order valence-electron chi connectivity index (χ3n) is 2.12. The molecule has 0 bridgehead atoms. The molecule has 0 heterocycles. The highest BCUT2D eigenvalue weighted by atomic mass is 16.4. The van der Waals surface area contributed by atoms with Gasteiger partial charge in [0.1, 0.15) is 0 Å². The van der Waals surface area contributed by atoms with E-state index in [1.54, 1.807) is 0 Å². The third-order valence-corrected chi connectivity index (χ3v) is 2.12. The van der Waals surface area contributed by atoms with Crippen molar-refractivity contribution in [3.63, 3.8) is 0 Å². The second-order valence-corrected chi connectivity index (χ2v) is 3.27. The molecule has 0 fully saturated rings. The van der Waals surface area contributed by atoms with E-state index in [2.05, 4.69) is 6.58 Å². The van der Waals surface area contributed by atoms with Crippen molar-refractivity contribution in [2.75, 3.05) is 0 Å². The first-order chi connectivity index (χ1) is 6.09. The van der Waals surface area contributed by atoms with Gasteiger partial charge in [-0.15, -0.1) is 6.58 Å². The van der Waals surface area contributed by atoms with Gasteiger partial charge >= 0.3 is 5.97 Å². The number of hydrogen-bond donors (Lipinski definition) is 2. The molecule has 3 heteroatoms. The Labute approximate surface area is 79.1 Å². The van der Waals surface area contributed by atoms with Crippen molar-refractivity contribution in [1.29, 1.82) is 0 Å². The van der Waals surface area contributed by atoms with E-state index in [-0.39, 0.29) is 0 Å². The van der Waals surface area contributed by atoms with Gasteiger partial charge in [-0.2, -0.15) is 0 Å². The van der Waals surface area contributed by atoms with E-state index in [0.717, 1.165) is 19.3 Å². The number of aliphatic hydroxyl groups is 1. The molecule has 0 aliphatic heterocycles. The summed E-state index contributed by atoms with van der Waals surface area (Å²) in [4.78, 5) is 10.5. The summed E-state index contributed by atoms with van der Waals surface area (Å²) in [7, 11) is 0. The van der Waals surface area contributed by atoms with Gasteiger partial charge in [0.2, 0.25) is 0 Å². The predicted molar refractivity (Wildman–Crippen MR) is 51.5 cm³/mol.